The van der Waals surface area contributed by atoms with Gasteiger partial charge in [0.2, 0.25) is 0 Å². The van der Waals surface area contributed by atoms with Crippen LogP contribution in [0.2, 0.25) is 10.0 Å². The Kier molecular flexibility index (Phi) is 8.03. The topological polar surface area (TPSA) is 91.2 Å². The van der Waals surface area contributed by atoms with Gasteiger partial charge in [0.1, 0.15) is 23.2 Å². The summed E-state index contributed by atoms with van der Waals surface area (Å²) in [7, 11) is 0. The zero-order valence-electron chi connectivity index (χ0n) is 16.9. The fourth-order valence-electron chi connectivity index (χ4n) is 2.71. The first kappa shape index (κ1) is 23.8. The van der Waals surface area contributed by atoms with Crippen LogP contribution in [0.5, 0.6) is 5.75 Å². The standard InChI is InChI=1S/C24H16Cl2FN3O3/c25-17-2-1-3-21(12-17)30-24(32)16(13-28)10-15-11-18(26)4-9-22(15)33-14-23(31)29-20-7-5-19(27)6-8-20/h1-12H,14H2,(H,29,31)(H,30,32). The number of carbonyl (C=O) groups is 2. The van der Waals surface area contributed by atoms with Crippen LogP contribution in [-0.4, -0.2) is 18.4 Å². The van der Waals surface area contributed by atoms with Crippen LogP contribution in [0.1, 0.15) is 5.56 Å². The molecule has 6 nitrogen and oxygen atoms in total. The molecule has 0 atom stereocenters. The summed E-state index contributed by atoms with van der Waals surface area (Å²) in [5.41, 5.74) is 0.951. The highest BCUT2D eigenvalue weighted by Crippen LogP contribution is 2.26. The van der Waals surface area contributed by atoms with E-state index in [1.165, 1.54) is 42.5 Å². The first-order valence-electron chi connectivity index (χ1n) is 9.50. The Balaban J connectivity index is 1.74. The van der Waals surface area contributed by atoms with E-state index in [-0.39, 0.29) is 17.9 Å². The van der Waals surface area contributed by atoms with E-state index < -0.39 is 17.6 Å². The van der Waals surface area contributed by atoms with Crippen molar-refractivity contribution in [2.45, 2.75) is 0 Å². The van der Waals surface area contributed by atoms with Gasteiger partial charge in [0.25, 0.3) is 11.8 Å². The molecular weight excluding hydrogens is 468 g/mol. The second-order valence-electron chi connectivity index (χ2n) is 6.66. The molecule has 0 radical (unpaired) electrons. The molecule has 0 aliphatic carbocycles. The van der Waals surface area contributed by atoms with Gasteiger partial charge in [0.15, 0.2) is 6.61 Å². The van der Waals surface area contributed by atoms with E-state index in [9.17, 15) is 19.2 Å². The lowest BCUT2D eigenvalue weighted by molar-refractivity contribution is -0.118. The molecule has 3 rings (SSSR count). The number of benzene rings is 3. The maximum absolute atomic E-state index is 13.0. The lowest BCUT2D eigenvalue weighted by Crippen LogP contribution is -2.20. The van der Waals surface area contributed by atoms with Crippen molar-refractivity contribution >= 4 is 52.5 Å². The third-order valence-electron chi connectivity index (χ3n) is 4.21. The van der Waals surface area contributed by atoms with Crippen molar-refractivity contribution < 1.29 is 18.7 Å². The van der Waals surface area contributed by atoms with Crippen LogP contribution in [0, 0.1) is 17.1 Å². The van der Waals surface area contributed by atoms with Gasteiger partial charge in [-0.15, -0.1) is 0 Å². The molecule has 0 saturated carbocycles. The molecule has 0 saturated heterocycles. The quantitative estimate of drug-likeness (QED) is 0.333. The smallest absolute Gasteiger partial charge is 0.266 e. The molecule has 0 spiro atoms. The highest BCUT2D eigenvalue weighted by molar-refractivity contribution is 6.31. The van der Waals surface area contributed by atoms with E-state index in [1.54, 1.807) is 30.3 Å². The summed E-state index contributed by atoms with van der Waals surface area (Å²) in [4.78, 5) is 24.7. The van der Waals surface area contributed by atoms with Crippen LogP contribution < -0.4 is 15.4 Å². The average Bonchev–Trinajstić information content (AvgIpc) is 2.78. The number of ether oxygens (including phenoxy) is 1. The first-order chi connectivity index (χ1) is 15.8. The summed E-state index contributed by atoms with van der Waals surface area (Å²) in [6.45, 7) is -0.365. The molecule has 0 unspecified atom stereocenters. The molecule has 3 aromatic carbocycles. The molecular formula is C24H16Cl2FN3O3. The second kappa shape index (κ2) is 11.1. The van der Waals surface area contributed by atoms with Crippen molar-refractivity contribution in [3.05, 3.63) is 93.7 Å². The van der Waals surface area contributed by atoms with Crippen LogP contribution in [0.25, 0.3) is 6.08 Å². The van der Waals surface area contributed by atoms with Crippen molar-refractivity contribution in [3.63, 3.8) is 0 Å². The number of nitrogens with one attached hydrogen (secondary N) is 2. The number of amides is 2. The van der Waals surface area contributed by atoms with Gasteiger partial charge in [-0.2, -0.15) is 5.26 Å². The Morgan fingerprint density at radius 1 is 0.970 bits per heavy atom. The van der Waals surface area contributed by atoms with Crippen molar-refractivity contribution in [3.8, 4) is 11.8 Å². The third kappa shape index (κ3) is 7.07. The van der Waals surface area contributed by atoms with E-state index in [0.717, 1.165) is 0 Å². The minimum atomic E-state index is -0.653. The summed E-state index contributed by atoms with van der Waals surface area (Å²) >= 11 is 12.0. The summed E-state index contributed by atoms with van der Waals surface area (Å²) in [5.74, 6) is -1.32. The Hall–Kier alpha value is -3.86. The first-order valence-corrected chi connectivity index (χ1v) is 10.3. The number of nitrogens with zero attached hydrogens (tertiary/aromatic N) is 1. The van der Waals surface area contributed by atoms with Gasteiger partial charge < -0.3 is 15.4 Å². The van der Waals surface area contributed by atoms with E-state index in [1.807, 2.05) is 6.07 Å². The second-order valence-corrected chi connectivity index (χ2v) is 7.53. The maximum atomic E-state index is 13.0. The Morgan fingerprint density at radius 3 is 2.39 bits per heavy atom. The van der Waals surface area contributed by atoms with Crippen molar-refractivity contribution in [2.24, 2.45) is 0 Å². The van der Waals surface area contributed by atoms with Crippen LogP contribution in [0.4, 0.5) is 15.8 Å². The normalized spacial score (nSPS) is 10.8. The minimum Gasteiger partial charge on any atom is -0.483 e. The third-order valence-corrected chi connectivity index (χ3v) is 4.68. The largest absolute Gasteiger partial charge is 0.483 e. The Labute approximate surface area is 199 Å². The van der Waals surface area contributed by atoms with Gasteiger partial charge >= 0.3 is 0 Å². The van der Waals surface area contributed by atoms with E-state index in [0.29, 0.717) is 27.0 Å². The number of anilines is 2. The van der Waals surface area contributed by atoms with Crippen molar-refractivity contribution in [2.75, 3.05) is 17.2 Å². The monoisotopic (exact) mass is 483 g/mol. The average molecular weight is 484 g/mol. The minimum absolute atomic E-state index is 0.210. The molecule has 166 valence electrons. The highest BCUT2D eigenvalue weighted by atomic mass is 35.5. The molecule has 0 aliphatic rings. The summed E-state index contributed by atoms with van der Waals surface area (Å²) in [6.07, 6.45) is 1.30. The van der Waals surface area contributed by atoms with Crippen molar-refractivity contribution in [1.29, 1.82) is 5.26 Å². The predicted molar refractivity (Wildman–Crippen MR) is 126 cm³/mol. The van der Waals surface area contributed by atoms with E-state index in [2.05, 4.69) is 10.6 Å². The highest BCUT2D eigenvalue weighted by Gasteiger charge is 2.13. The summed E-state index contributed by atoms with van der Waals surface area (Å²) in [6, 6.07) is 18.2. The van der Waals surface area contributed by atoms with Crippen LogP contribution >= 0.6 is 23.2 Å². The number of nitriles is 1. The number of hydrogen-bond donors (Lipinski definition) is 2. The zero-order valence-corrected chi connectivity index (χ0v) is 18.5. The fraction of sp³-hybridized carbons (Fsp3) is 0.0417. The number of halogens is 3. The van der Waals surface area contributed by atoms with Crippen LogP contribution in [-0.2, 0) is 9.59 Å². The van der Waals surface area contributed by atoms with E-state index in [4.69, 9.17) is 27.9 Å². The Bertz CT molecular complexity index is 1250. The van der Waals surface area contributed by atoms with Crippen molar-refractivity contribution in [1.82, 2.24) is 0 Å². The lowest BCUT2D eigenvalue weighted by Gasteiger charge is -2.11. The predicted octanol–water partition coefficient (Wildman–Crippen LogP) is 5.70. The Morgan fingerprint density at radius 2 is 1.70 bits per heavy atom. The summed E-state index contributed by atoms with van der Waals surface area (Å²) in [5, 5.41) is 15.4. The molecule has 0 heterocycles. The molecule has 3 aromatic rings. The molecule has 0 aromatic heterocycles. The van der Waals surface area contributed by atoms with Gasteiger partial charge in [-0.3, -0.25) is 9.59 Å². The number of carbonyl (C=O) groups excluding carboxylic acids is 2. The van der Waals surface area contributed by atoms with Gasteiger partial charge in [-0.1, -0.05) is 29.3 Å². The molecule has 2 N–H and O–H groups in total. The van der Waals surface area contributed by atoms with Gasteiger partial charge in [-0.05, 0) is 66.7 Å². The lowest BCUT2D eigenvalue weighted by atomic mass is 10.1. The summed E-state index contributed by atoms with van der Waals surface area (Å²) < 4.78 is 18.6. The fourth-order valence-corrected chi connectivity index (χ4v) is 3.08. The molecule has 0 fully saturated rings. The molecule has 0 bridgehead atoms. The van der Waals surface area contributed by atoms with Gasteiger partial charge in [0, 0.05) is 27.0 Å². The zero-order chi connectivity index (χ0) is 23.8. The molecule has 2 amide bonds. The van der Waals surface area contributed by atoms with Crippen LogP contribution in [0.15, 0.2) is 72.3 Å². The SMILES string of the molecule is N#CC(=Cc1cc(Cl)ccc1OCC(=O)Nc1ccc(F)cc1)C(=O)Nc1cccc(Cl)c1. The van der Waals surface area contributed by atoms with E-state index >= 15 is 0 Å². The molecule has 33 heavy (non-hydrogen) atoms. The number of rotatable bonds is 7. The van der Waals surface area contributed by atoms with Gasteiger partial charge in [0.05, 0.1) is 0 Å². The number of hydrogen-bond acceptors (Lipinski definition) is 4. The van der Waals surface area contributed by atoms with Gasteiger partial charge in [-0.25, -0.2) is 4.39 Å². The molecule has 0 aliphatic heterocycles. The maximum Gasteiger partial charge on any atom is 0.266 e. The molecule has 9 heteroatoms. The van der Waals surface area contributed by atoms with Crippen LogP contribution in [0.3, 0.4) is 0 Å².